The third-order valence-electron chi connectivity index (χ3n) is 5.08. The molecule has 0 spiro atoms. The number of likely N-dealkylation sites (tertiary alicyclic amines) is 1. The molecule has 1 aliphatic heterocycles. The van der Waals surface area contributed by atoms with Gasteiger partial charge in [0.05, 0.1) is 5.92 Å². The molecule has 0 aromatic rings. The Bertz CT molecular complexity index is 371. The Balaban J connectivity index is 1.41. The van der Waals surface area contributed by atoms with Gasteiger partial charge in [-0.2, -0.15) is 0 Å². The lowest BCUT2D eigenvalue weighted by Gasteiger charge is -2.30. The first-order valence-electron chi connectivity index (χ1n) is 7.90. The van der Waals surface area contributed by atoms with Gasteiger partial charge in [-0.15, -0.1) is 0 Å². The maximum atomic E-state index is 12.1. The van der Waals surface area contributed by atoms with Crippen molar-refractivity contribution in [3.63, 3.8) is 0 Å². The van der Waals surface area contributed by atoms with Gasteiger partial charge in [-0.1, -0.05) is 0 Å². The predicted octanol–water partition coefficient (Wildman–Crippen LogP) is 1.93. The van der Waals surface area contributed by atoms with Crippen molar-refractivity contribution < 1.29 is 14.7 Å². The first kappa shape index (κ1) is 13.7. The van der Waals surface area contributed by atoms with Crippen LogP contribution in [0.4, 0.5) is 4.79 Å². The molecule has 5 heteroatoms. The van der Waals surface area contributed by atoms with E-state index in [-0.39, 0.29) is 11.9 Å². The molecular weight excluding hydrogens is 256 g/mol. The number of urea groups is 1. The highest BCUT2D eigenvalue weighted by molar-refractivity contribution is 5.75. The molecule has 0 unspecified atom stereocenters. The summed E-state index contributed by atoms with van der Waals surface area (Å²) in [6.45, 7) is 1.95. The number of amides is 2. The lowest BCUT2D eigenvalue weighted by Crippen LogP contribution is -2.46. The molecule has 0 aromatic heterocycles. The summed E-state index contributed by atoms with van der Waals surface area (Å²) in [5.74, 6) is 1.38. The molecule has 0 radical (unpaired) electrons. The Morgan fingerprint density at radius 3 is 2.05 bits per heavy atom. The molecule has 0 aromatic carbocycles. The fourth-order valence-corrected chi connectivity index (χ4v) is 3.41. The number of piperidine rings is 1. The van der Waals surface area contributed by atoms with E-state index in [0.717, 1.165) is 18.4 Å². The second kappa shape index (κ2) is 5.62. The van der Waals surface area contributed by atoms with Crippen LogP contribution in [0.2, 0.25) is 0 Å². The van der Waals surface area contributed by atoms with Crippen LogP contribution in [0.25, 0.3) is 0 Å². The minimum atomic E-state index is -0.729. The van der Waals surface area contributed by atoms with Gasteiger partial charge < -0.3 is 15.3 Å². The zero-order valence-electron chi connectivity index (χ0n) is 11.9. The third kappa shape index (κ3) is 3.25. The largest absolute Gasteiger partial charge is 0.481 e. The molecule has 2 amide bonds. The Morgan fingerprint density at radius 2 is 1.60 bits per heavy atom. The monoisotopic (exact) mass is 280 g/mol. The van der Waals surface area contributed by atoms with Crippen LogP contribution in [0.15, 0.2) is 0 Å². The van der Waals surface area contributed by atoms with E-state index in [2.05, 4.69) is 5.32 Å². The number of hydrogen-bond acceptors (Lipinski definition) is 2. The number of carbonyl (C=O) groups excluding carboxylic acids is 1. The molecule has 0 atom stereocenters. The number of carboxylic acid groups (broad SMARTS) is 1. The van der Waals surface area contributed by atoms with E-state index in [9.17, 15) is 9.59 Å². The van der Waals surface area contributed by atoms with Crippen molar-refractivity contribution in [2.24, 2.45) is 23.7 Å². The molecule has 1 heterocycles. The van der Waals surface area contributed by atoms with E-state index in [1.807, 2.05) is 0 Å². The maximum Gasteiger partial charge on any atom is 0.317 e. The highest BCUT2D eigenvalue weighted by atomic mass is 16.4. The number of aliphatic carboxylic acids is 1. The van der Waals surface area contributed by atoms with Crippen LogP contribution in [0, 0.1) is 23.7 Å². The number of nitrogens with one attached hydrogen (secondary N) is 1. The summed E-state index contributed by atoms with van der Waals surface area (Å²) in [4.78, 5) is 24.8. The Morgan fingerprint density at radius 1 is 1.05 bits per heavy atom. The second-order valence-electron chi connectivity index (χ2n) is 6.62. The van der Waals surface area contributed by atoms with Crippen molar-refractivity contribution in [2.75, 3.05) is 19.6 Å². The lowest BCUT2D eigenvalue weighted by molar-refractivity contribution is -0.143. The molecule has 3 fully saturated rings. The van der Waals surface area contributed by atoms with Crippen molar-refractivity contribution in [2.45, 2.75) is 38.5 Å². The van der Waals surface area contributed by atoms with Crippen LogP contribution in [0.1, 0.15) is 38.5 Å². The van der Waals surface area contributed by atoms with E-state index in [4.69, 9.17) is 5.11 Å². The molecule has 0 bridgehead atoms. The number of hydrogen-bond donors (Lipinski definition) is 2. The van der Waals surface area contributed by atoms with E-state index < -0.39 is 5.97 Å². The number of carboxylic acids is 1. The molecule has 1 saturated heterocycles. The summed E-state index contributed by atoms with van der Waals surface area (Å²) in [5.41, 5.74) is 0. The Hall–Kier alpha value is -1.26. The van der Waals surface area contributed by atoms with Gasteiger partial charge in [0.2, 0.25) is 0 Å². The molecule has 3 rings (SSSR count). The molecule has 20 heavy (non-hydrogen) atoms. The van der Waals surface area contributed by atoms with Crippen LogP contribution >= 0.6 is 0 Å². The second-order valence-corrected chi connectivity index (χ2v) is 6.62. The summed E-state index contributed by atoms with van der Waals surface area (Å²) in [6.07, 6.45) is 6.50. The van der Waals surface area contributed by atoms with Gasteiger partial charge in [-0.3, -0.25) is 4.79 Å². The maximum absolute atomic E-state index is 12.1. The van der Waals surface area contributed by atoms with Gasteiger partial charge in [-0.25, -0.2) is 4.79 Å². The van der Waals surface area contributed by atoms with E-state index in [0.29, 0.717) is 31.8 Å². The highest BCUT2D eigenvalue weighted by Gasteiger charge is 2.41. The first-order chi connectivity index (χ1) is 9.65. The average Bonchev–Trinajstić information content (AvgIpc) is 3.32. The van der Waals surface area contributed by atoms with Crippen LogP contribution in [0.5, 0.6) is 0 Å². The van der Waals surface area contributed by atoms with Crippen molar-refractivity contribution in [1.29, 1.82) is 0 Å². The van der Waals surface area contributed by atoms with E-state index in [1.165, 1.54) is 25.7 Å². The van der Waals surface area contributed by atoms with Gasteiger partial charge in [-0.05, 0) is 56.3 Å². The summed E-state index contributed by atoms with van der Waals surface area (Å²) in [5, 5.41) is 12.0. The van der Waals surface area contributed by atoms with Crippen LogP contribution in [-0.2, 0) is 4.79 Å². The zero-order chi connectivity index (χ0) is 14.1. The molecule has 3 aliphatic rings. The van der Waals surface area contributed by atoms with Crippen molar-refractivity contribution in [1.82, 2.24) is 10.2 Å². The SMILES string of the molecule is O=C(O)C1CCN(C(=O)NCC(C2CC2)C2CC2)CC1. The summed E-state index contributed by atoms with van der Waals surface area (Å²) in [6, 6.07) is 0.000128. The third-order valence-corrected chi connectivity index (χ3v) is 5.08. The Labute approximate surface area is 119 Å². The van der Waals surface area contributed by atoms with Gasteiger partial charge in [0, 0.05) is 19.6 Å². The normalized spacial score (nSPS) is 23.9. The van der Waals surface area contributed by atoms with Gasteiger partial charge in [0.25, 0.3) is 0 Å². The number of nitrogens with zero attached hydrogens (tertiary/aromatic N) is 1. The van der Waals surface area contributed by atoms with Crippen LogP contribution in [0.3, 0.4) is 0 Å². The first-order valence-corrected chi connectivity index (χ1v) is 7.90. The molecule has 112 valence electrons. The highest BCUT2D eigenvalue weighted by Crippen LogP contribution is 2.48. The number of rotatable bonds is 5. The molecule has 2 N–H and O–H groups in total. The lowest BCUT2D eigenvalue weighted by atomic mass is 9.97. The van der Waals surface area contributed by atoms with Gasteiger partial charge in [0.1, 0.15) is 0 Å². The molecule has 2 aliphatic carbocycles. The molecule has 5 nitrogen and oxygen atoms in total. The fourth-order valence-electron chi connectivity index (χ4n) is 3.41. The Kier molecular flexibility index (Phi) is 3.85. The summed E-state index contributed by atoms with van der Waals surface area (Å²) in [7, 11) is 0. The van der Waals surface area contributed by atoms with E-state index in [1.54, 1.807) is 4.90 Å². The minimum Gasteiger partial charge on any atom is -0.481 e. The van der Waals surface area contributed by atoms with Crippen molar-refractivity contribution in [3.05, 3.63) is 0 Å². The van der Waals surface area contributed by atoms with Crippen molar-refractivity contribution in [3.8, 4) is 0 Å². The van der Waals surface area contributed by atoms with Gasteiger partial charge >= 0.3 is 12.0 Å². The summed E-state index contributed by atoms with van der Waals surface area (Å²) >= 11 is 0. The smallest absolute Gasteiger partial charge is 0.317 e. The fraction of sp³-hybridized carbons (Fsp3) is 0.867. The standard InChI is InChI=1S/C15H24N2O3/c18-14(19)12-5-7-17(8-6-12)15(20)16-9-13(10-1-2-10)11-3-4-11/h10-13H,1-9H2,(H,16,20)(H,18,19). The van der Waals surface area contributed by atoms with Gasteiger partial charge in [0.15, 0.2) is 0 Å². The van der Waals surface area contributed by atoms with E-state index >= 15 is 0 Å². The quantitative estimate of drug-likeness (QED) is 0.808. The van der Waals surface area contributed by atoms with Crippen molar-refractivity contribution >= 4 is 12.0 Å². The minimum absolute atomic E-state index is 0.000128. The molecular formula is C15H24N2O3. The summed E-state index contributed by atoms with van der Waals surface area (Å²) < 4.78 is 0. The zero-order valence-corrected chi connectivity index (χ0v) is 11.9. The predicted molar refractivity (Wildman–Crippen MR) is 74.3 cm³/mol. The topological polar surface area (TPSA) is 69.6 Å². The molecule has 2 saturated carbocycles. The van der Waals surface area contributed by atoms with Crippen LogP contribution in [-0.4, -0.2) is 41.6 Å². The average molecular weight is 280 g/mol. The van der Waals surface area contributed by atoms with Crippen LogP contribution < -0.4 is 5.32 Å². The number of carbonyl (C=O) groups is 2.